The van der Waals surface area contributed by atoms with Crippen molar-refractivity contribution in [3.05, 3.63) is 133 Å². The van der Waals surface area contributed by atoms with Crippen LogP contribution in [0.5, 0.6) is 0 Å². The second-order valence-corrected chi connectivity index (χ2v) is 11.6. The summed E-state index contributed by atoms with van der Waals surface area (Å²) in [5, 5.41) is 13.2. The molecule has 0 aliphatic rings. The van der Waals surface area contributed by atoms with Crippen molar-refractivity contribution in [3.8, 4) is 22.3 Å². The number of hydrogen-bond donors (Lipinski definition) is 0. The lowest BCUT2D eigenvalue weighted by atomic mass is 9.89. The summed E-state index contributed by atoms with van der Waals surface area (Å²) < 4.78 is 2.67. The maximum Gasteiger partial charge on any atom is 0.0355 e. The van der Waals surface area contributed by atoms with Gasteiger partial charge >= 0.3 is 0 Å². The first-order valence-electron chi connectivity index (χ1n) is 13.4. The highest BCUT2D eigenvalue weighted by atomic mass is 32.1. The van der Waals surface area contributed by atoms with Crippen molar-refractivity contribution in [2.24, 2.45) is 0 Å². The minimum Gasteiger partial charge on any atom is -0.135 e. The van der Waals surface area contributed by atoms with Crippen LogP contribution in [0.1, 0.15) is 0 Å². The average Bonchev–Trinajstić information content (AvgIpc) is 3.37. The molecule has 0 aliphatic carbocycles. The third-order valence-corrected chi connectivity index (χ3v) is 9.56. The van der Waals surface area contributed by atoms with Gasteiger partial charge in [0.15, 0.2) is 0 Å². The molecule has 0 bridgehead atoms. The quantitative estimate of drug-likeness (QED) is 0.203. The van der Waals surface area contributed by atoms with Crippen molar-refractivity contribution in [1.82, 2.24) is 0 Å². The fourth-order valence-corrected chi connectivity index (χ4v) is 7.64. The average molecular weight is 511 g/mol. The Labute approximate surface area is 229 Å². The number of hydrogen-bond acceptors (Lipinski definition) is 1. The molecule has 0 amide bonds. The normalized spacial score (nSPS) is 12.1. The Balaban J connectivity index is 1.28. The van der Waals surface area contributed by atoms with E-state index < -0.39 is 0 Å². The largest absolute Gasteiger partial charge is 0.135 e. The van der Waals surface area contributed by atoms with Crippen LogP contribution in [0.25, 0.3) is 85.5 Å². The van der Waals surface area contributed by atoms with Crippen molar-refractivity contribution in [2.75, 3.05) is 0 Å². The van der Waals surface area contributed by atoms with E-state index in [1.807, 2.05) is 11.3 Å². The van der Waals surface area contributed by atoms with E-state index in [0.717, 1.165) is 0 Å². The molecular formula is C38H22S. The molecule has 1 aromatic heterocycles. The molecule has 0 saturated carbocycles. The molecule has 180 valence electrons. The van der Waals surface area contributed by atoms with E-state index in [9.17, 15) is 0 Å². The summed E-state index contributed by atoms with van der Waals surface area (Å²) in [5.74, 6) is 0. The molecule has 0 aliphatic heterocycles. The van der Waals surface area contributed by atoms with Gasteiger partial charge in [-0.15, -0.1) is 11.3 Å². The Morgan fingerprint density at radius 1 is 0.333 bits per heavy atom. The Hall–Kier alpha value is -4.72. The SMILES string of the molecule is c1ccc2c(-c3ccc4sc5ccc(-c6ccc7ccc8cccc9ccc6c7c89)cc5c4c3)cccc2c1. The second kappa shape index (κ2) is 7.89. The number of thiophene rings is 1. The van der Waals surface area contributed by atoms with Gasteiger partial charge in [-0.3, -0.25) is 0 Å². The summed E-state index contributed by atoms with van der Waals surface area (Å²) in [6.07, 6.45) is 0. The molecule has 1 heterocycles. The van der Waals surface area contributed by atoms with Gasteiger partial charge in [0.25, 0.3) is 0 Å². The van der Waals surface area contributed by atoms with Gasteiger partial charge in [-0.1, -0.05) is 109 Å². The molecular weight excluding hydrogens is 488 g/mol. The molecule has 39 heavy (non-hydrogen) atoms. The summed E-state index contributed by atoms with van der Waals surface area (Å²) >= 11 is 1.88. The molecule has 0 atom stereocenters. The van der Waals surface area contributed by atoms with Gasteiger partial charge in [-0.25, -0.2) is 0 Å². The minimum absolute atomic E-state index is 1.27. The molecule has 0 unspecified atom stereocenters. The second-order valence-electron chi connectivity index (χ2n) is 10.5. The van der Waals surface area contributed by atoms with Gasteiger partial charge in [0.1, 0.15) is 0 Å². The van der Waals surface area contributed by atoms with Crippen molar-refractivity contribution in [1.29, 1.82) is 0 Å². The maximum atomic E-state index is 2.41. The van der Waals surface area contributed by atoms with Gasteiger partial charge < -0.3 is 0 Å². The molecule has 0 N–H and O–H groups in total. The monoisotopic (exact) mass is 510 g/mol. The van der Waals surface area contributed by atoms with Crippen LogP contribution in [0.2, 0.25) is 0 Å². The van der Waals surface area contributed by atoms with Crippen molar-refractivity contribution in [2.45, 2.75) is 0 Å². The standard InChI is InChI=1S/C38H22S/c1-2-9-29-23(5-1)6-4-10-30(29)27-15-19-35-33(21-27)34-22-28(16-20-36(34)39-35)31-17-13-26-12-11-24-7-3-8-25-14-18-32(31)38(26)37(24)25/h1-22H. The molecule has 0 saturated heterocycles. The van der Waals surface area contributed by atoms with E-state index in [-0.39, 0.29) is 0 Å². The Morgan fingerprint density at radius 3 is 1.67 bits per heavy atom. The van der Waals surface area contributed by atoms with Crippen LogP contribution in [0.4, 0.5) is 0 Å². The molecule has 0 fully saturated rings. The highest BCUT2D eigenvalue weighted by molar-refractivity contribution is 7.25. The summed E-state index contributed by atoms with van der Waals surface area (Å²) in [6, 6.07) is 49.6. The molecule has 0 radical (unpaired) electrons. The lowest BCUT2D eigenvalue weighted by molar-refractivity contribution is 1.69. The van der Waals surface area contributed by atoms with Gasteiger partial charge in [-0.2, -0.15) is 0 Å². The van der Waals surface area contributed by atoms with E-state index in [1.54, 1.807) is 0 Å². The maximum absolute atomic E-state index is 2.41. The summed E-state index contributed by atoms with van der Waals surface area (Å²) in [7, 11) is 0. The zero-order chi connectivity index (χ0) is 25.5. The lowest BCUT2D eigenvalue weighted by Crippen LogP contribution is -1.87. The molecule has 1 heteroatoms. The fraction of sp³-hybridized carbons (Fsp3) is 0. The van der Waals surface area contributed by atoms with Crippen LogP contribution in [-0.4, -0.2) is 0 Å². The zero-order valence-corrected chi connectivity index (χ0v) is 21.9. The Kier molecular flexibility index (Phi) is 4.30. The third-order valence-electron chi connectivity index (χ3n) is 8.41. The van der Waals surface area contributed by atoms with Crippen molar-refractivity contribution in [3.63, 3.8) is 0 Å². The van der Waals surface area contributed by atoms with Crippen molar-refractivity contribution < 1.29 is 0 Å². The number of benzene rings is 8. The highest BCUT2D eigenvalue weighted by Gasteiger charge is 2.14. The zero-order valence-electron chi connectivity index (χ0n) is 21.1. The van der Waals surface area contributed by atoms with Gasteiger partial charge in [0, 0.05) is 20.2 Å². The van der Waals surface area contributed by atoms with E-state index in [1.165, 1.54) is 85.5 Å². The first-order chi connectivity index (χ1) is 19.3. The van der Waals surface area contributed by atoms with Crippen molar-refractivity contribution >= 4 is 74.6 Å². The topological polar surface area (TPSA) is 0 Å². The van der Waals surface area contributed by atoms with Crippen LogP contribution in [0.3, 0.4) is 0 Å². The van der Waals surface area contributed by atoms with Crippen LogP contribution in [0, 0.1) is 0 Å². The molecule has 0 nitrogen and oxygen atoms in total. The fourth-order valence-electron chi connectivity index (χ4n) is 6.58. The number of fused-ring (bicyclic) bond motifs is 4. The molecule has 0 spiro atoms. The summed E-state index contributed by atoms with van der Waals surface area (Å²) in [4.78, 5) is 0. The van der Waals surface area contributed by atoms with Gasteiger partial charge in [0.05, 0.1) is 0 Å². The van der Waals surface area contributed by atoms with E-state index in [2.05, 4.69) is 133 Å². The van der Waals surface area contributed by atoms with Crippen LogP contribution >= 0.6 is 11.3 Å². The Bertz CT molecular complexity index is 2370. The Morgan fingerprint density at radius 2 is 0.897 bits per heavy atom. The minimum atomic E-state index is 1.27. The lowest BCUT2D eigenvalue weighted by Gasteiger charge is -2.14. The van der Waals surface area contributed by atoms with E-state index in [4.69, 9.17) is 0 Å². The number of rotatable bonds is 2. The van der Waals surface area contributed by atoms with Crippen LogP contribution in [0.15, 0.2) is 133 Å². The van der Waals surface area contributed by atoms with E-state index in [0.29, 0.717) is 0 Å². The van der Waals surface area contributed by atoms with E-state index >= 15 is 0 Å². The third kappa shape index (κ3) is 3.05. The predicted octanol–water partition coefficient (Wildman–Crippen LogP) is 11.4. The first-order valence-corrected chi connectivity index (χ1v) is 14.2. The highest BCUT2D eigenvalue weighted by Crippen LogP contribution is 2.42. The molecule has 8 aromatic carbocycles. The predicted molar refractivity (Wildman–Crippen MR) is 171 cm³/mol. The van der Waals surface area contributed by atoms with Gasteiger partial charge in [0.2, 0.25) is 0 Å². The summed E-state index contributed by atoms with van der Waals surface area (Å²) in [5.41, 5.74) is 5.13. The summed E-state index contributed by atoms with van der Waals surface area (Å²) in [6.45, 7) is 0. The van der Waals surface area contributed by atoms with Crippen LogP contribution < -0.4 is 0 Å². The molecule has 9 aromatic rings. The van der Waals surface area contributed by atoms with Gasteiger partial charge in [-0.05, 0) is 89.6 Å². The first kappa shape index (κ1) is 21.2. The van der Waals surface area contributed by atoms with Crippen LogP contribution in [-0.2, 0) is 0 Å². The molecule has 9 rings (SSSR count). The smallest absolute Gasteiger partial charge is 0.0355 e.